The van der Waals surface area contributed by atoms with Gasteiger partial charge in [0.1, 0.15) is 22.9 Å². The Bertz CT molecular complexity index is 1240. The van der Waals surface area contributed by atoms with Gasteiger partial charge < -0.3 is 24.3 Å². The highest BCUT2D eigenvalue weighted by Crippen LogP contribution is 2.29. The number of pyridine rings is 1. The molecule has 4 heterocycles. The lowest BCUT2D eigenvalue weighted by atomic mass is 10.3. The van der Waals surface area contributed by atoms with Crippen LogP contribution in [0.3, 0.4) is 0 Å². The standard InChI is InChI=1S/C23H33N9O2/c1-14(2)26-21-20(25)31(16(4)24)12-18(27-21)23-28-17-6-7-19(30-8-10-34-11-9-30)29-22(17)32(23)15(3)13-33-5/h6-7,12,14-15,24-25H,8-11,13H2,1-5H3,(H,26,27)/t15-/m0/s1. The molecule has 182 valence electrons. The molecule has 1 fully saturated rings. The number of aromatic nitrogens is 5. The third-order valence-corrected chi connectivity index (χ3v) is 5.67. The van der Waals surface area contributed by atoms with Crippen LogP contribution in [0.1, 0.15) is 33.7 Å². The van der Waals surface area contributed by atoms with E-state index in [1.54, 1.807) is 20.2 Å². The molecule has 3 aromatic rings. The Labute approximate surface area is 198 Å². The SMILES string of the molecule is COC[C@H](C)n1c(-c2cn(C(C)=N)c(=N)c(NC(C)C)n2)nc2ccc(N3CCOCC3)nc21. The lowest BCUT2D eigenvalue weighted by molar-refractivity contribution is 0.122. The van der Waals surface area contributed by atoms with E-state index in [0.29, 0.717) is 37.2 Å². The largest absolute Gasteiger partial charge is 0.383 e. The fourth-order valence-corrected chi connectivity index (χ4v) is 4.10. The Kier molecular flexibility index (Phi) is 6.94. The van der Waals surface area contributed by atoms with Crippen LogP contribution in [0, 0.1) is 10.8 Å². The highest BCUT2D eigenvalue weighted by Gasteiger charge is 2.23. The van der Waals surface area contributed by atoms with Crippen molar-refractivity contribution in [3.8, 4) is 11.5 Å². The monoisotopic (exact) mass is 467 g/mol. The molecule has 0 spiro atoms. The van der Waals surface area contributed by atoms with Crippen molar-refractivity contribution in [3.05, 3.63) is 23.8 Å². The van der Waals surface area contributed by atoms with Crippen LogP contribution in [0.4, 0.5) is 11.6 Å². The molecule has 1 aliphatic heterocycles. The summed E-state index contributed by atoms with van der Waals surface area (Å²) in [6.45, 7) is 11.1. The topological polar surface area (TPSA) is 130 Å². The van der Waals surface area contributed by atoms with Gasteiger partial charge in [-0.25, -0.2) is 15.0 Å². The maximum atomic E-state index is 8.50. The van der Waals surface area contributed by atoms with Crippen molar-refractivity contribution in [2.24, 2.45) is 0 Å². The van der Waals surface area contributed by atoms with Crippen LogP contribution >= 0.6 is 0 Å². The molecule has 11 nitrogen and oxygen atoms in total. The summed E-state index contributed by atoms with van der Waals surface area (Å²) in [5.41, 5.74) is 2.19. The number of nitrogens with zero attached hydrogens (tertiary/aromatic N) is 6. The minimum Gasteiger partial charge on any atom is -0.383 e. The summed E-state index contributed by atoms with van der Waals surface area (Å²) in [6.07, 6.45) is 1.69. The van der Waals surface area contributed by atoms with E-state index in [1.165, 1.54) is 4.57 Å². The van der Waals surface area contributed by atoms with Crippen LogP contribution in [-0.2, 0) is 9.47 Å². The zero-order valence-corrected chi connectivity index (χ0v) is 20.4. The van der Waals surface area contributed by atoms with Crippen molar-refractivity contribution in [1.29, 1.82) is 10.8 Å². The van der Waals surface area contributed by atoms with Crippen molar-refractivity contribution >= 4 is 28.6 Å². The van der Waals surface area contributed by atoms with Crippen LogP contribution in [0.2, 0.25) is 0 Å². The summed E-state index contributed by atoms with van der Waals surface area (Å²) < 4.78 is 14.5. The average molecular weight is 468 g/mol. The number of hydrogen-bond acceptors (Lipinski definition) is 9. The molecule has 0 aromatic carbocycles. The zero-order chi connectivity index (χ0) is 24.4. The molecular formula is C23H33N9O2. The summed E-state index contributed by atoms with van der Waals surface area (Å²) in [4.78, 5) is 16.8. The second-order valence-electron chi connectivity index (χ2n) is 8.80. The van der Waals surface area contributed by atoms with Gasteiger partial charge in [-0.2, -0.15) is 0 Å². The van der Waals surface area contributed by atoms with Crippen LogP contribution in [0.25, 0.3) is 22.7 Å². The number of ether oxygens (including phenoxy) is 2. The van der Waals surface area contributed by atoms with Crippen molar-refractivity contribution in [2.75, 3.05) is 50.2 Å². The first-order chi connectivity index (χ1) is 16.3. The van der Waals surface area contributed by atoms with Gasteiger partial charge in [0.15, 0.2) is 22.8 Å². The van der Waals surface area contributed by atoms with Gasteiger partial charge in [-0.3, -0.25) is 15.4 Å². The molecular weight excluding hydrogens is 434 g/mol. The smallest absolute Gasteiger partial charge is 0.173 e. The Hall–Kier alpha value is -3.31. The number of anilines is 2. The van der Waals surface area contributed by atoms with Crippen LogP contribution < -0.4 is 15.7 Å². The second-order valence-corrected chi connectivity index (χ2v) is 8.80. The van der Waals surface area contributed by atoms with Crippen LogP contribution in [0.15, 0.2) is 18.3 Å². The predicted octanol–water partition coefficient (Wildman–Crippen LogP) is 2.48. The number of hydrogen-bond donors (Lipinski definition) is 3. The number of nitrogens with one attached hydrogen (secondary N) is 3. The number of fused-ring (bicyclic) bond motifs is 1. The van der Waals surface area contributed by atoms with Gasteiger partial charge in [0, 0.05) is 32.4 Å². The molecule has 1 aliphatic rings. The molecule has 1 saturated heterocycles. The van der Waals surface area contributed by atoms with Crippen LogP contribution in [0.5, 0.6) is 0 Å². The van der Waals surface area contributed by atoms with Gasteiger partial charge >= 0.3 is 0 Å². The Morgan fingerprint density at radius 3 is 2.56 bits per heavy atom. The average Bonchev–Trinajstić information content (AvgIpc) is 3.19. The second kappa shape index (κ2) is 9.90. The third-order valence-electron chi connectivity index (χ3n) is 5.67. The molecule has 0 bridgehead atoms. The van der Waals surface area contributed by atoms with Crippen molar-refractivity contribution in [3.63, 3.8) is 0 Å². The van der Waals surface area contributed by atoms with Gasteiger partial charge in [-0.15, -0.1) is 0 Å². The fraction of sp³-hybridized carbons (Fsp3) is 0.522. The summed E-state index contributed by atoms with van der Waals surface area (Å²) >= 11 is 0. The minimum atomic E-state index is -0.0639. The number of morpholine rings is 1. The maximum Gasteiger partial charge on any atom is 0.173 e. The maximum absolute atomic E-state index is 8.50. The van der Waals surface area contributed by atoms with Gasteiger partial charge in [-0.1, -0.05) is 0 Å². The lowest BCUT2D eigenvalue weighted by Gasteiger charge is -2.28. The van der Waals surface area contributed by atoms with E-state index >= 15 is 0 Å². The highest BCUT2D eigenvalue weighted by molar-refractivity contribution is 5.81. The Morgan fingerprint density at radius 1 is 1.18 bits per heavy atom. The van der Waals surface area contributed by atoms with Gasteiger partial charge in [-0.05, 0) is 39.8 Å². The highest BCUT2D eigenvalue weighted by atomic mass is 16.5. The molecule has 0 aliphatic carbocycles. The Balaban J connectivity index is 1.92. The minimum absolute atomic E-state index is 0.0639. The van der Waals surface area contributed by atoms with Crippen molar-refractivity contribution < 1.29 is 9.47 Å². The normalized spacial score (nSPS) is 15.2. The molecule has 11 heteroatoms. The summed E-state index contributed by atoms with van der Waals surface area (Å²) in [5.74, 6) is 2.13. The number of rotatable bonds is 7. The van der Waals surface area contributed by atoms with Gasteiger partial charge in [0.05, 0.1) is 25.9 Å². The van der Waals surface area contributed by atoms with Crippen molar-refractivity contribution in [1.82, 2.24) is 24.1 Å². The quantitative estimate of drug-likeness (QED) is 0.359. The molecule has 3 N–H and O–H groups in total. The first kappa shape index (κ1) is 23.8. The zero-order valence-electron chi connectivity index (χ0n) is 20.4. The third kappa shape index (κ3) is 4.66. The molecule has 0 amide bonds. The molecule has 4 rings (SSSR count). The molecule has 1 atom stereocenters. The van der Waals surface area contributed by atoms with E-state index in [9.17, 15) is 0 Å². The van der Waals surface area contributed by atoms with E-state index in [0.717, 1.165) is 30.1 Å². The first-order valence-electron chi connectivity index (χ1n) is 11.5. The van der Waals surface area contributed by atoms with Gasteiger partial charge in [0.2, 0.25) is 0 Å². The lowest BCUT2D eigenvalue weighted by Crippen LogP contribution is -2.36. The summed E-state index contributed by atoms with van der Waals surface area (Å²) in [5, 5.41) is 19.9. The molecule has 0 saturated carbocycles. The summed E-state index contributed by atoms with van der Waals surface area (Å²) in [7, 11) is 1.67. The number of methoxy groups -OCH3 is 1. The first-order valence-corrected chi connectivity index (χ1v) is 11.5. The van der Waals surface area contributed by atoms with Gasteiger partial charge in [0.25, 0.3) is 0 Å². The van der Waals surface area contributed by atoms with E-state index in [1.807, 2.05) is 30.5 Å². The Morgan fingerprint density at radius 2 is 1.91 bits per heavy atom. The van der Waals surface area contributed by atoms with Crippen LogP contribution in [-0.4, -0.2) is 76.0 Å². The number of imidazole rings is 1. The van der Waals surface area contributed by atoms with E-state index in [4.69, 9.17) is 35.2 Å². The predicted molar refractivity (Wildman–Crippen MR) is 132 cm³/mol. The van der Waals surface area contributed by atoms with E-state index < -0.39 is 0 Å². The summed E-state index contributed by atoms with van der Waals surface area (Å²) in [6, 6.07) is 3.99. The fourth-order valence-electron chi connectivity index (χ4n) is 4.10. The molecule has 0 radical (unpaired) electrons. The molecule has 34 heavy (non-hydrogen) atoms. The van der Waals surface area contributed by atoms with Crippen molar-refractivity contribution in [2.45, 2.75) is 39.8 Å². The van der Waals surface area contributed by atoms with E-state index in [-0.39, 0.29) is 23.4 Å². The van der Waals surface area contributed by atoms with E-state index in [2.05, 4.69) is 17.1 Å². The molecule has 0 unspecified atom stereocenters. The molecule has 3 aromatic heterocycles.